The first-order valence-electron chi connectivity index (χ1n) is 11.2. The van der Waals surface area contributed by atoms with E-state index in [9.17, 15) is 22.4 Å². The second kappa shape index (κ2) is 8.34. The molecule has 36 heavy (non-hydrogen) atoms. The molecule has 2 amide bonds. The maximum absolute atomic E-state index is 14.1. The van der Waals surface area contributed by atoms with E-state index in [4.69, 9.17) is 4.74 Å². The van der Waals surface area contributed by atoms with Crippen molar-refractivity contribution in [3.05, 3.63) is 64.9 Å². The van der Waals surface area contributed by atoms with Crippen LogP contribution in [0.15, 0.2) is 52.9 Å². The SMILES string of the molecule is Cn1cc(C2=C(c3csc4cc(S(=O)(=O)N5CCOCC5)ccc34)C(=O)NC2=O)c2cc(F)ccc21. The van der Waals surface area contributed by atoms with Crippen molar-refractivity contribution in [2.45, 2.75) is 4.90 Å². The minimum atomic E-state index is -3.69. The highest BCUT2D eigenvalue weighted by Gasteiger charge is 2.35. The standard InChI is InChI=1S/C25H20FN3O5S2/c1-28-12-18(17-10-14(26)2-5-20(17)28)22-23(25(31)27-24(22)30)19-13-35-21-11-15(3-4-16(19)21)36(32,33)29-6-8-34-9-7-29/h2-5,10-13H,6-9H2,1H3,(H,27,30,31). The molecule has 2 aromatic heterocycles. The van der Waals surface area contributed by atoms with E-state index in [0.717, 1.165) is 5.52 Å². The molecule has 0 bridgehead atoms. The van der Waals surface area contributed by atoms with E-state index in [1.807, 2.05) is 0 Å². The Kier molecular flexibility index (Phi) is 5.34. The molecule has 1 fully saturated rings. The van der Waals surface area contributed by atoms with Gasteiger partial charge in [0, 0.05) is 63.8 Å². The predicted molar refractivity (Wildman–Crippen MR) is 134 cm³/mol. The molecule has 2 aliphatic heterocycles. The van der Waals surface area contributed by atoms with Gasteiger partial charge < -0.3 is 9.30 Å². The summed E-state index contributed by atoms with van der Waals surface area (Å²) in [6.45, 7) is 1.28. The van der Waals surface area contributed by atoms with Crippen LogP contribution in [0.1, 0.15) is 11.1 Å². The van der Waals surface area contributed by atoms with E-state index < -0.39 is 27.7 Å². The summed E-state index contributed by atoms with van der Waals surface area (Å²) < 4.78 is 49.4. The van der Waals surface area contributed by atoms with Gasteiger partial charge >= 0.3 is 0 Å². The van der Waals surface area contributed by atoms with Crippen molar-refractivity contribution in [3.8, 4) is 0 Å². The van der Waals surface area contributed by atoms with Crippen LogP contribution in [0, 0.1) is 5.82 Å². The van der Waals surface area contributed by atoms with Gasteiger partial charge in [-0.2, -0.15) is 4.31 Å². The lowest BCUT2D eigenvalue weighted by atomic mass is 9.95. The van der Waals surface area contributed by atoms with E-state index in [2.05, 4.69) is 5.32 Å². The highest BCUT2D eigenvalue weighted by molar-refractivity contribution is 7.89. The molecule has 0 saturated carbocycles. The number of nitrogens with one attached hydrogen (secondary N) is 1. The molecule has 6 rings (SSSR count). The molecule has 1 saturated heterocycles. The minimum Gasteiger partial charge on any atom is -0.379 e. The van der Waals surface area contributed by atoms with Gasteiger partial charge in [0.25, 0.3) is 11.8 Å². The molecular weight excluding hydrogens is 505 g/mol. The summed E-state index contributed by atoms with van der Waals surface area (Å²) in [6.07, 6.45) is 1.71. The number of aryl methyl sites for hydroxylation is 1. The van der Waals surface area contributed by atoms with Crippen molar-refractivity contribution in [2.75, 3.05) is 26.3 Å². The number of hydrogen-bond donors (Lipinski definition) is 1. The number of hydrogen-bond acceptors (Lipinski definition) is 6. The number of imide groups is 1. The molecule has 0 unspecified atom stereocenters. The van der Waals surface area contributed by atoms with Crippen molar-refractivity contribution in [2.24, 2.45) is 7.05 Å². The van der Waals surface area contributed by atoms with Gasteiger partial charge in [0.1, 0.15) is 5.82 Å². The van der Waals surface area contributed by atoms with Crippen LogP contribution in [0.2, 0.25) is 0 Å². The number of rotatable bonds is 4. The molecule has 4 heterocycles. The van der Waals surface area contributed by atoms with Crippen molar-refractivity contribution in [1.29, 1.82) is 0 Å². The molecule has 184 valence electrons. The number of halogens is 1. The number of morpholine rings is 1. The minimum absolute atomic E-state index is 0.163. The van der Waals surface area contributed by atoms with E-state index in [0.29, 0.717) is 52.9 Å². The second-order valence-electron chi connectivity index (χ2n) is 8.67. The lowest BCUT2D eigenvalue weighted by Gasteiger charge is -2.26. The smallest absolute Gasteiger partial charge is 0.259 e. The molecule has 8 nitrogen and oxygen atoms in total. The Morgan fingerprint density at radius 3 is 2.44 bits per heavy atom. The van der Waals surface area contributed by atoms with Crippen LogP contribution in [0.5, 0.6) is 0 Å². The van der Waals surface area contributed by atoms with E-state index in [1.165, 1.54) is 33.8 Å². The fourth-order valence-electron chi connectivity index (χ4n) is 4.83. The van der Waals surface area contributed by atoms with Gasteiger partial charge in [-0.05, 0) is 30.3 Å². The molecule has 0 spiro atoms. The average Bonchev–Trinajstić information content (AvgIpc) is 3.51. The van der Waals surface area contributed by atoms with Gasteiger partial charge in [0.15, 0.2) is 0 Å². The zero-order valence-electron chi connectivity index (χ0n) is 19.1. The molecule has 4 aromatic rings. The van der Waals surface area contributed by atoms with Gasteiger partial charge in [0.2, 0.25) is 10.0 Å². The molecule has 11 heteroatoms. The first kappa shape index (κ1) is 23.0. The number of nitrogens with zero attached hydrogens (tertiary/aromatic N) is 2. The van der Waals surface area contributed by atoms with Gasteiger partial charge in [0.05, 0.1) is 29.3 Å². The zero-order chi connectivity index (χ0) is 25.2. The molecule has 2 aromatic carbocycles. The molecule has 1 N–H and O–H groups in total. The van der Waals surface area contributed by atoms with Gasteiger partial charge in [-0.3, -0.25) is 14.9 Å². The fourth-order valence-corrected chi connectivity index (χ4v) is 7.33. The highest BCUT2D eigenvalue weighted by Crippen LogP contribution is 2.40. The summed E-state index contributed by atoms with van der Waals surface area (Å²) in [6, 6.07) is 9.09. The number of carbonyl (C=O) groups is 2. The Labute approximate surface area is 209 Å². The van der Waals surface area contributed by atoms with Crippen LogP contribution in [0.3, 0.4) is 0 Å². The number of sulfonamides is 1. The number of aromatic nitrogens is 1. The molecule has 0 atom stereocenters. The van der Waals surface area contributed by atoms with E-state index in [-0.39, 0.29) is 16.0 Å². The molecule has 2 aliphatic rings. The van der Waals surface area contributed by atoms with Crippen LogP contribution >= 0.6 is 11.3 Å². The summed E-state index contributed by atoms with van der Waals surface area (Å²) >= 11 is 1.29. The largest absolute Gasteiger partial charge is 0.379 e. The Bertz CT molecular complexity index is 1730. The van der Waals surface area contributed by atoms with Crippen LogP contribution in [-0.4, -0.2) is 55.4 Å². The molecule has 0 aliphatic carbocycles. The number of ether oxygens (including phenoxy) is 1. The van der Waals surface area contributed by atoms with Crippen molar-refractivity contribution < 1.29 is 27.1 Å². The average molecular weight is 526 g/mol. The number of carbonyl (C=O) groups excluding carboxylic acids is 2. The third kappa shape index (κ3) is 3.50. The normalized spacial score (nSPS) is 17.5. The van der Waals surface area contributed by atoms with E-state index >= 15 is 0 Å². The zero-order valence-corrected chi connectivity index (χ0v) is 20.7. The fraction of sp³-hybridized carbons (Fsp3) is 0.200. The quantitative estimate of drug-likeness (QED) is 0.413. The summed E-state index contributed by atoms with van der Waals surface area (Å²) in [7, 11) is -1.90. The second-order valence-corrected chi connectivity index (χ2v) is 11.5. The van der Waals surface area contributed by atoms with Crippen LogP contribution in [0.4, 0.5) is 4.39 Å². The van der Waals surface area contributed by atoms with E-state index in [1.54, 1.807) is 41.4 Å². The number of benzene rings is 2. The van der Waals surface area contributed by atoms with Gasteiger partial charge in [-0.25, -0.2) is 12.8 Å². The Morgan fingerprint density at radius 2 is 1.69 bits per heavy atom. The third-order valence-corrected chi connectivity index (χ3v) is 9.42. The Balaban J connectivity index is 1.51. The third-order valence-electron chi connectivity index (χ3n) is 6.58. The number of fused-ring (bicyclic) bond motifs is 2. The lowest BCUT2D eigenvalue weighted by Crippen LogP contribution is -2.40. The maximum atomic E-state index is 14.1. The van der Waals surface area contributed by atoms with Crippen LogP contribution < -0.4 is 5.32 Å². The molecule has 0 radical (unpaired) electrons. The van der Waals surface area contributed by atoms with Crippen molar-refractivity contribution >= 4 is 65.3 Å². The first-order valence-corrected chi connectivity index (χ1v) is 13.5. The predicted octanol–water partition coefficient (Wildman–Crippen LogP) is 3.12. The summed E-state index contributed by atoms with van der Waals surface area (Å²) in [5, 5.41) is 5.29. The van der Waals surface area contributed by atoms with Gasteiger partial charge in [-0.15, -0.1) is 11.3 Å². The number of thiophene rings is 1. The highest BCUT2D eigenvalue weighted by atomic mass is 32.2. The Morgan fingerprint density at radius 1 is 0.972 bits per heavy atom. The van der Waals surface area contributed by atoms with Crippen LogP contribution in [0.25, 0.3) is 32.1 Å². The van der Waals surface area contributed by atoms with Gasteiger partial charge in [-0.1, -0.05) is 6.07 Å². The number of amides is 2. The topological polar surface area (TPSA) is 97.7 Å². The monoisotopic (exact) mass is 525 g/mol. The Hall–Kier alpha value is -3.38. The summed E-state index contributed by atoms with van der Waals surface area (Å²) in [4.78, 5) is 26.1. The lowest BCUT2D eigenvalue weighted by molar-refractivity contribution is -0.122. The maximum Gasteiger partial charge on any atom is 0.259 e. The van der Waals surface area contributed by atoms with Crippen LogP contribution in [-0.2, 0) is 31.4 Å². The van der Waals surface area contributed by atoms with Crippen molar-refractivity contribution in [1.82, 2.24) is 14.2 Å². The van der Waals surface area contributed by atoms with Crippen molar-refractivity contribution in [3.63, 3.8) is 0 Å². The molecular formula is C25H20FN3O5S2. The first-order chi connectivity index (χ1) is 17.3. The summed E-state index contributed by atoms with van der Waals surface area (Å²) in [5.41, 5.74) is 2.06. The summed E-state index contributed by atoms with van der Waals surface area (Å²) in [5.74, 6) is -1.55.